The summed E-state index contributed by atoms with van der Waals surface area (Å²) in [5.41, 5.74) is 0.943. The topological polar surface area (TPSA) is 46.6 Å². The zero-order chi connectivity index (χ0) is 21.0. The first kappa shape index (κ1) is 21.5. The van der Waals surface area contributed by atoms with Gasteiger partial charge in [-0.15, -0.1) is 0 Å². The number of hydrogen-bond acceptors (Lipinski definition) is 4. The molecular formula is C26H37NO3. The van der Waals surface area contributed by atoms with E-state index in [1.807, 2.05) is 30.3 Å². The van der Waals surface area contributed by atoms with E-state index in [1.165, 1.54) is 25.7 Å². The van der Waals surface area contributed by atoms with Crippen LogP contribution >= 0.6 is 0 Å². The van der Waals surface area contributed by atoms with E-state index in [0.29, 0.717) is 18.8 Å². The summed E-state index contributed by atoms with van der Waals surface area (Å²) in [6.07, 6.45) is 12.7. The number of ether oxygens (including phenoxy) is 1. The van der Waals surface area contributed by atoms with Crippen LogP contribution in [0.15, 0.2) is 30.3 Å². The van der Waals surface area contributed by atoms with Gasteiger partial charge in [0.25, 0.3) is 0 Å². The lowest BCUT2D eigenvalue weighted by Crippen LogP contribution is -2.65. The second-order valence-corrected chi connectivity index (χ2v) is 9.63. The molecule has 1 saturated carbocycles. The number of unbranched alkanes of at least 4 members (excludes halogenated alkanes) is 3. The van der Waals surface area contributed by atoms with Crippen LogP contribution in [0.1, 0.15) is 89.5 Å². The van der Waals surface area contributed by atoms with Crippen molar-refractivity contribution in [2.75, 3.05) is 0 Å². The first-order valence-electron chi connectivity index (χ1n) is 12.2. The first-order valence-corrected chi connectivity index (χ1v) is 12.2. The Kier molecular flexibility index (Phi) is 6.92. The van der Waals surface area contributed by atoms with E-state index in [1.54, 1.807) is 0 Å². The average Bonchev–Trinajstić information content (AvgIpc) is 3.15. The summed E-state index contributed by atoms with van der Waals surface area (Å²) in [6, 6.07) is 9.95. The van der Waals surface area contributed by atoms with E-state index >= 15 is 0 Å². The SMILES string of the molecule is CCCCCC[C@@H]1CC(=O)[C@@H]2CCCC[C@]23CC[C@@H](C(=O)OCc2ccccc2)N13. The molecule has 2 aliphatic heterocycles. The van der Waals surface area contributed by atoms with Gasteiger partial charge in [-0.25, -0.2) is 0 Å². The number of ketones is 1. The number of piperidine rings is 1. The molecule has 4 nitrogen and oxygen atoms in total. The molecule has 164 valence electrons. The molecule has 2 saturated heterocycles. The molecule has 0 unspecified atom stereocenters. The molecule has 1 aromatic rings. The molecular weight excluding hydrogens is 374 g/mol. The number of esters is 1. The molecule has 1 aromatic carbocycles. The lowest BCUT2D eigenvalue weighted by Gasteiger charge is -2.54. The maximum absolute atomic E-state index is 13.2. The fourth-order valence-corrected chi connectivity index (χ4v) is 6.45. The highest BCUT2D eigenvalue weighted by Crippen LogP contribution is 2.53. The van der Waals surface area contributed by atoms with Crippen LogP contribution in [-0.2, 0) is 20.9 Å². The molecule has 0 N–H and O–H groups in total. The summed E-state index contributed by atoms with van der Waals surface area (Å²) in [7, 11) is 0. The van der Waals surface area contributed by atoms with Crippen LogP contribution in [-0.4, -0.2) is 34.3 Å². The summed E-state index contributed by atoms with van der Waals surface area (Å²) in [6.45, 7) is 2.56. The van der Waals surface area contributed by atoms with Crippen molar-refractivity contribution < 1.29 is 14.3 Å². The minimum atomic E-state index is -0.182. The molecule has 1 spiro atoms. The second kappa shape index (κ2) is 9.64. The van der Waals surface area contributed by atoms with Gasteiger partial charge in [-0.1, -0.05) is 75.8 Å². The third-order valence-corrected chi connectivity index (χ3v) is 7.81. The monoisotopic (exact) mass is 411 g/mol. The van der Waals surface area contributed by atoms with Crippen molar-refractivity contribution in [3.05, 3.63) is 35.9 Å². The molecule has 1 aliphatic carbocycles. The zero-order valence-corrected chi connectivity index (χ0v) is 18.5. The molecule has 4 heteroatoms. The molecule has 0 aromatic heterocycles. The van der Waals surface area contributed by atoms with Crippen molar-refractivity contribution in [3.63, 3.8) is 0 Å². The average molecular weight is 412 g/mol. The number of nitrogens with zero attached hydrogens (tertiary/aromatic N) is 1. The number of carbonyl (C=O) groups is 2. The van der Waals surface area contributed by atoms with Crippen LogP contribution in [0.25, 0.3) is 0 Å². The maximum atomic E-state index is 13.2. The van der Waals surface area contributed by atoms with Gasteiger partial charge in [0.05, 0.1) is 0 Å². The summed E-state index contributed by atoms with van der Waals surface area (Å²) in [4.78, 5) is 28.8. The molecule has 4 rings (SSSR count). The largest absolute Gasteiger partial charge is 0.460 e. The predicted octanol–water partition coefficient (Wildman–Crippen LogP) is 5.44. The van der Waals surface area contributed by atoms with E-state index < -0.39 is 0 Å². The molecule has 3 aliphatic rings. The molecule has 0 bridgehead atoms. The molecule has 30 heavy (non-hydrogen) atoms. The number of rotatable bonds is 8. The standard InChI is InChI=1S/C26H37NO3/c1-2-3-4-8-13-21-18-24(28)22-14-9-10-16-26(22)17-15-23(27(21)26)25(29)30-19-20-11-6-5-7-12-20/h5-7,11-12,21-23H,2-4,8-10,13-19H2,1H3/t21-,22+,23+,26+/m1/s1. The van der Waals surface area contributed by atoms with Gasteiger partial charge in [-0.3, -0.25) is 14.5 Å². The Bertz CT molecular complexity index is 733. The maximum Gasteiger partial charge on any atom is 0.323 e. The van der Waals surface area contributed by atoms with Gasteiger partial charge in [-0.05, 0) is 37.7 Å². The van der Waals surface area contributed by atoms with Gasteiger partial charge in [0, 0.05) is 23.9 Å². The summed E-state index contributed by atoms with van der Waals surface area (Å²) >= 11 is 0. The second-order valence-electron chi connectivity index (χ2n) is 9.63. The first-order chi connectivity index (χ1) is 14.7. The Morgan fingerprint density at radius 3 is 2.73 bits per heavy atom. The van der Waals surface area contributed by atoms with Gasteiger partial charge in [0.2, 0.25) is 0 Å². The summed E-state index contributed by atoms with van der Waals surface area (Å²) in [5, 5.41) is 0. The minimum Gasteiger partial charge on any atom is -0.460 e. The van der Waals surface area contributed by atoms with Gasteiger partial charge in [0.1, 0.15) is 18.4 Å². The third kappa shape index (κ3) is 4.21. The third-order valence-electron chi connectivity index (χ3n) is 7.81. The Morgan fingerprint density at radius 2 is 1.93 bits per heavy atom. The Labute approximate surface area is 181 Å². The Balaban J connectivity index is 1.51. The van der Waals surface area contributed by atoms with Crippen molar-refractivity contribution in [2.24, 2.45) is 5.92 Å². The highest BCUT2D eigenvalue weighted by atomic mass is 16.5. The van der Waals surface area contributed by atoms with E-state index in [9.17, 15) is 9.59 Å². The van der Waals surface area contributed by atoms with Crippen LogP contribution < -0.4 is 0 Å². The quantitative estimate of drug-likeness (QED) is 0.422. The minimum absolute atomic E-state index is 0.0839. The fraction of sp³-hybridized carbons (Fsp3) is 0.692. The molecule has 2 heterocycles. The van der Waals surface area contributed by atoms with Crippen molar-refractivity contribution in [1.29, 1.82) is 0 Å². The van der Waals surface area contributed by atoms with E-state index in [-0.39, 0.29) is 29.5 Å². The van der Waals surface area contributed by atoms with Gasteiger partial charge < -0.3 is 4.74 Å². The van der Waals surface area contributed by atoms with E-state index in [0.717, 1.165) is 50.5 Å². The predicted molar refractivity (Wildman–Crippen MR) is 118 cm³/mol. The van der Waals surface area contributed by atoms with Crippen LogP contribution in [0, 0.1) is 5.92 Å². The molecule has 4 atom stereocenters. The van der Waals surface area contributed by atoms with Crippen LogP contribution in [0.3, 0.4) is 0 Å². The molecule has 3 fully saturated rings. The summed E-state index contributed by atoms with van der Waals surface area (Å²) < 4.78 is 5.79. The number of hydrogen-bond donors (Lipinski definition) is 0. The van der Waals surface area contributed by atoms with Gasteiger partial charge in [-0.2, -0.15) is 0 Å². The smallest absolute Gasteiger partial charge is 0.323 e. The summed E-state index contributed by atoms with van der Waals surface area (Å²) in [5.74, 6) is 0.503. The molecule has 0 amide bonds. The number of Topliss-reactive ketones (excluding diaryl/α,β-unsaturated/α-hetero) is 1. The van der Waals surface area contributed by atoms with Crippen LogP contribution in [0.2, 0.25) is 0 Å². The van der Waals surface area contributed by atoms with Gasteiger partial charge in [0.15, 0.2) is 0 Å². The number of benzene rings is 1. The van der Waals surface area contributed by atoms with Crippen molar-refractivity contribution in [2.45, 2.75) is 108 Å². The molecule has 0 radical (unpaired) electrons. The van der Waals surface area contributed by atoms with Crippen LogP contribution in [0.4, 0.5) is 0 Å². The lowest BCUT2D eigenvalue weighted by atomic mass is 9.65. The highest BCUT2D eigenvalue weighted by Gasteiger charge is 2.60. The van der Waals surface area contributed by atoms with E-state index in [4.69, 9.17) is 4.74 Å². The van der Waals surface area contributed by atoms with Crippen LogP contribution in [0.5, 0.6) is 0 Å². The van der Waals surface area contributed by atoms with Crippen molar-refractivity contribution in [3.8, 4) is 0 Å². The lowest BCUT2D eigenvalue weighted by molar-refractivity contribution is -0.161. The number of carbonyl (C=O) groups excluding carboxylic acids is 2. The fourth-order valence-electron chi connectivity index (χ4n) is 6.45. The normalized spacial score (nSPS) is 31.2. The Morgan fingerprint density at radius 1 is 1.10 bits per heavy atom. The highest BCUT2D eigenvalue weighted by molar-refractivity contribution is 5.85. The van der Waals surface area contributed by atoms with Crippen molar-refractivity contribution >= 4 is 11.8 Å². The van der Waals surface area contributed by atoms with Crippen molar-refractivity contribution in [1.82, 2.24) is 4.90 Å². The Hall–Kier alpha value is -1.68. The zero-order valence-electron chi connectivity index (χ0n) is 18.5. The van der Waals surface area contributed by atoms with Gasteiger partial charge >= 0.3 is 5.97 Å². The van der Waals surface area contributed by atoms with E-state index in [2.05, 4.69) is 11.8 Å².